The summed E-state index contributed by atoms with van der Waals surface area (Å²) in [6.45, 7) is 0. The van der Waals surface area contributed by atoms with Crippen LogP contribution in [0.5, 0.6) is 0 Å². The van der Waals surface area contributed by atoms with Crippen LogP contribution >= 0.6 is 15.9 Å². The molecule has 0 saturated carbocycles. The van der Waals surface area contributed by atoms with Crippen molar-refractivity contribution in [1.29, 1.82) is 0 Å². The zero-order chi connectivity index (χ0) is 13.8. The van der Waals surface area contributed by atoms with Gasteiger partial charge in [0.25, 0.3) is 0 Å². The maximum atomic E-state index is 3.52. The Balaban J connectivity index is 2.11. The first-order valence-corrected chi connectivity index (χ1v) is 9.81. The summed E-state index contributed by atoms with van der Waals surface area (Å²) in [5.74, 6) is 0. The van der Waals surface area contributed by atoms with Crippen LogP contribution in [0.2, 0.25) is 0 Å². The first-order valence-electron chi connectivity index (χ1n) is 6.44. The molecule has 0 N–H and O–H groups in total. The van der Waals surface area contributed by atoms with Gasteiger partial charge in [-0.25, -0.2) is 0 Å². The predicted molar refractivity (Wildman–Crippen MR) is 91.7 cm³/mol. The van der Waals surface area contributed by atoms with Crippen molar-refractivity contribution < 1.29 is 0 Å². The molecule has 0 amide bonds. The minimum absolute atomic E-state index is 1.13. The molecule has 0 bridgehead atoms. The number of benzene rings is 3. The molecule has 0 nitrogen and oxygen atoms in total. The van der Waals surface area contributed by atoms with Gasteiger partial charge in [-0.2, -0.15) is 0 Å². The zero-order valence-corrected chi connectivity index (χ0v) is 14.2. The van der Waals surface area contributed by atoms with Crippen LogP contribution in [0.1, 0.15) is 0 Å². The van der Waals surface area contributed by atoms with Crippen molar-refractivity contribution in [2.24, 2.45) is 0 Å². The third-order valence-electron chi connectivity index (χ3n) is 3.01. The Kier molecular flexibility index (Phi) is 4.37. The molecule has 20 heavy (non-hydrogen) atoms. The third kappa shape index (κ3) is 3.04. The average molecular weight is 389 g/mol. The van der Waals surface area contributed by atoms with Crippen molar-refractivity contribution in [2.45, 2.75) is 0 Å². The summed E-state index contributed by atoms with van der Waals surface area (Å²) in [7, 11) is 0. The monoisotopic (exact) mass is 389 g/mol. The van der Waals surface area contributed by atoms with E-state index in [0.717, 1.165) is 4.47 Å². The number of rotatable bonds is 3. The number of hydrogen-bond acceptors (Lipinski definition) is 0. The van der Waals surface area contributed by atoms with Crippen molar-refractivity contribution in [1.82, 2.24) is 0 Å². The van der Waals surface area contributed by atoms with Gasteiger partial charge < -0.3 is 0 Å². The fraction of sp³-hybridized carbons (Fsp3) is 0. The molecule has 0 atom stereocenters. The molecule has 2 heteroatoms. The normalized spacial score (nSPS) is 10.7. The molecule has 0 aliphatic rings. The molecule has 0 aliphatic heterocycles. The Morgan fingerprint density at radius 3 is 1.35 bits per heavy atom. The minimum atomic E-state index is -1.19. The van der Waals surface area contributed by atoms with Crippen molar-refractivity contribution in [2.75, 3.05) is 0 Å². The Hall–Kier alpha value is -1.34. The first-order chi connectivity index (χ1) is 9.84. The molecule has 0 aliphatic carbocycles. The van der Waals surface area contributed by atoms with E-state index in [1.54, 1.807) is 0 Å². The van der Waals surface area contributed by atoms with E-state index in [9.17, 15) is 0 Å². The Labute approximate surface area is 132 Å². The maximum absolute atomic E-state index is 3.52. The Bertz CT molecular complexity index is 623. The van der Waals surface area contributed by atoms with Gasteiger partial charge in [-0.1, -0.05) is 0 Å². The van der Waals surface area contributed by atoms with E-state index in [-0.39, 0.29) is 0 Å². The predicted octanol–water partition coefficient (Wildman–Crippen LogP) is 2.97. The van der Waals surface area contributed by atoms with Crippen molar-refractivity contribution >= 4 is 43.2 Å². The van der Waals surface area contributed by atoms with Crippen LogP contribution in [0.25, 0.3) is 0 Å². The SMILES string of the molecule is Brc1ccc([Se+](c2ccccc2)c2ccccc2)cc1. The second-order valence-corrected chi connectivity index (χ2v) is 9.55. The van der Waals surface area contributed by atoms with Crippen LogP contribution in [0.4, 0.5) is 0 Å². The van der Waals surface area contributed by atoms with E-state index < -0.39 is 13.9 Å². The van der Waals surface area contributed by atoms with E-state index in [4.69, 9.17) is 0 Å². The van der Waals surface area contributed by atoms with Crippen LogP contribution < -0.4 is 13.4 Å². The van der Waals surface area contributed by atoms with Crippen LogP contribution in [-0.4, -0.2) is 13.9 Å². The van der Waals surface area contributed by atoms with Gasteiger partial charge >= 0.3 is 133 Å². The van der Waals surface area contributed by atoms with Gasteiger partial charge in [0.1, 0.15) is 0 Å². The summed E-state index contributed by atoms with van der Waals surface area (Å²) in [5.41, 5.74) is 0. The summed E-state index contributed by atoms with van der Waals surface area (Å²) >= 11 is 2.33. The molecular formula is C18H14BrSe+. The van der Waals surface area contributed by atoms with Gasteiger partial charge in [-0.15, -0.1) is 0 Å². The molecule has 0 aromatic heterocycles. The Morgan fingerprint density at radius 1 is 0.500 bits per heavy atom. The molecule has 3 aromatic carbocycles. The molecule has 98 valence electrons. The molecule has 0 fully saturated rings. The van der Waals surface area contributed by atoms with Crippen LogP contribution in [0.15, 0.2) is 89.4 Å². The average Bonchev–Trinajstić information content (AvgIpc) is 2.52. The molecule has 0 unspecified atom stereocenters. The molecular weight excluding hydrogens is 375 g/mol. The Morgan fingerprint density at radius 2 is 0.900 bits per heavy atom. The summed E-state index contributed by atoms with van der Waals surface area (Å²) in [4.78, 5) is 0. The number of halogens is 1. The summed E-state index contributed by atoms with van der Waals surface area (Å²) < 4.78 is 5.46. The summed E-state index contributed by atoms with van der Waals surface area (Å²) in [6.07, 6.45) is 0. The van der Waals surface area contributed by atoms with E-state index in [1.807, 2.05) is 0 Å². The van der Waals surface area contributed by atoms with Crippen molar-refractivity contribution in [3.05, 3.63) is 89.4 Å². The second kappa shape index (κ2) is 6.41. The van der Waals surface area contributed by atoms with Crippen molar-refractivity contribution in [3.63, 3.8) is 0 Å². The standard InChI is InChI=1S/C18H14BrSe/c19-15-11-13-18(14-12-15)20(16-7-3-1-4-8-16)17-9-5-2-6-10-17/h1-14H/q+1. The summed E-state index contributed by atoms with van der Waals surface area (Å²) in [6, 6.07) is 30.5. The van der Waals surface area contributed by atoms with Crippen LogP contribution in [0, 0.1) is 0 Å². The van der Waals surface area contributed by atoms with Gasteiger partial charge in [0.05, 0.1) is 0 Å². The van der Waals surface area contributed by atoms with Crippen molar-refractivity contribution in [3.8, 4) is 0 Å². The van der Waals surface area contributed by atoms with Gasteiger partial charge in [0.15, 0.2) is 0 Å². The van der Waals surface area contributed by atoms with E-state index in [2.05, 4.69) is 101 Å². The third-order valence-corrected chi connectivity index (χ3v) is 8.22. The molecule has 3 rings (SSSR count). The zero-order valence-electron chi connectivity index (χ0n) is 10.9. The molecule has 0 radical (unpaired) electrons. The molecule has 0 spiro atoms. The molecule has 3 aromatic rings. The molecule has 0 saturated heterocycles. The van der Waals surface area contributed by atoms with Gasteiger partial charge in [0.2, 0.25) is 0 Å². The van der Waals surface area contributed by atoms with Gasteiger partial charge in [-0.3, -0.25) is 0 Å². The quantitative estimate of drug-likeness (QED) is 0.605. The summed E-state index contributed by atoms with van der Waals surface area (Å²) in [5, 5.41) is 0. The number of hydrogen-bond donors (Lipinski definition) is 0. The fourth-order valence-corrected chi connectivity index (χ4v) is 6.73. The van der Waals surface area contributed by atoms with E-state index in [1.165, 1.54) is 13.4 Å². The second-order valence-electron chi connectivity index (χ2n) is 4.39. The van der Waals surface area contributed by atoms with E-state index in [0.29, 0.717) is 0 Å². The molecule has 0 heterocycles. The van der Waals surface area contributed by atoms with Crippen LogP contribution in [0.3, 0.4) is 0 Å². The van der Waals surface area contributed by atoms with Gasteiger partial charge in [0, 0.05) is 0 Å². The van der Waals surface area contributed by atoms with Gasteiger partial charge in [-0.05, 0) is 0 Å². The first kappa shape index (κ1) is 13.6. The van der Waals surface area contributed by atoms with E-state index >= 15 is 0 Å². The topological polar surface area (TPSA) is 0 Å². The van der Waals surface area contributed by atoms with Crippen LogP contribution in [-0.2, 0) is 0 Å². The fourth-order valence-electron chi connectivity index (χ4n) is 2.09.